The zero-order chi connectivity index (χ0) is 33.0. The molecule has 1 aliphatic rings. The molecule has 2 aromatic carbocycles. The van der Waals surface area contributed by atoms with Crippen LogP contribution in [0.5, 0.6) is 5.75 Å². The predicted octanol–water partition coefficient (Wildman–Crippen LogP) is 3.51. The number of rotatable bonds is 8. The molecule has 0 unspecified atom stereocenters. The van der Waals surface area contributed by atoms with Gasteiger partial charge in [0.05, 0.1) is 44.2 Å². The summed E-state index contributed by atoms with van der Waals surface area (Å²) in [6, 6.07) is 20.6. The Bertz CT molecular complexity index is 1730. The van der Waals surface area contributed by atoms with Crippen molar-refractivity contribution in [3.05, 3.63) is 84.3 Å². The highest BCUT2D eigenvalue weighted by Gasteiger charge is 2.15. The van der Waals surface area contributed by atoms with Crippen LogP contribution >= 0.6 is 0 Å². The molecule has 0 amide bonds. The number of hydrogen-bond donors (Lipinski definition) is 2. The van der Waals surface area contributed by atoms with Gasteiger partial charge >= 0.3 is 0 Å². The summed E-state index contributed by atoms with van der Waals surface area (Å²) in [6.45, 7) is 3.75. The number of aryl methyl sites for hydroxylation is 1. The minimum atomic E-state index is -3.67. The number of ether oxygens (including phenoxy) is 2. The van der Waals surface area contributed by atoms with Gasteiger partial charge < -0.3 is 18.9 Å². The molecule has 15 heteroatoms. The number of hydrogen-bond acceptors (Lipinski definition) is 10. The topological polar surface area (TPSA) is 164 Å². The van der Waals surface area contributed by atoms with E-state index in [0.717, 1.165) is 61.1 Å². The van der Waals surface area contributed by atoms with Gasteiger partial charge in [0.2, 0.25) is 0 Å². The van der Waals surface area contributed by atoms with Crippen LogP contribution in [0.15, 0.2) is 78.2 Å². The first-order valence-electron chi connectivity index (χ1n) is 13.8. The number of fused-ring (bicyclic) bond motifs is 1. The first-order valence-corrected chi connectivity index (χ1v) is 17.5. The van der Waals surface area contributed by atoms with E-state index < -0.39 is 20.2 Å². The van der Waals surface area contributed by atoms with Crippen molar-refractivity contribution in [3.63, 3.8) is 0 Å². The van der Waals surface area contributed by atoms with Gasteiger partial charge in [0.15, 0.2) is 0 Å². The Balaban J connectivity index is 0.000000482. The third-order valence-electron chi connectivity index (χ3n) is 6.28. The summed E-state index contributed by atoms with van der Waals surface area (Å²) in [5, 5.41) is 7.86. The molecule has 5 rings (SSSR count). The third-order valence-corrected chi connectivity index (χ3v) is 6.28. The number of nitrogens with zero attached hydrogens (tertiary/aromatic N) is 5. The molecule has 0 radical (unpaired) electrons. The van der Waals surface area contributed by atoms with E-state index in [1.54, 1.807) is 0 Å². The van der Waals surface area contributed by atoms with Crippen LogP contribution in [0.2, 0.25) is 0 Å². The third kappa shape index (κ3) is 13.2. The molecule has 1 saturated heterocycles. The minimum Gasteiger partial charge on any atom is -0.493 e. The first kappa shape index (κ1) is 35.5. The molecule has 0 bridgehead atoms. The van der Waals surface area contributed by atoms with E-state index in [0.29, 0.717) is 19.1 Å². The van der Waals surface area contributed by atoms with Gasteiger partial charge in [0.1, 0.15) is 5.75 Å². The fourth-order valence-corrected chi connectivity index (χ4v) is 4.35. The maximum atomic E-state index is 9.19. The van der Waals surface area contributed by atoms with Gasteiger partial charge in [-0.15, -0.1) is 0 Å². The van der Waals surface area contributed by atoms with Gasteiger partial charge in [-0.3, -0.25) is 19.1 Å². The van der Waals surface area contributed by atoms with Crippen molar-refractivity contribution in [2.24, 2.45) is 12.1 Å². The van der Waals surface area contributed by atoms with Gasteiger partial charge in [0.25, 0.3) is 20.2 Å². The van der Waals surface area contributed by atoms with Crippen LogP contribution in [0, 0.1) is 0 Å². The largest absolute Gasteiger partial charge is 0.493 e. The zero-order valence-electron chi connectivity index (χ0n) is 25.6. The van der Waals surface area contributed by atoms with Crippen molar-refractivity contribution in [3.8, 4) is 5.75 Å². The summed E-state index contributed by atoms with van der Waals surface area (Å²) in [5.74, 6) is 0.826. The van der Waals surface area contributed by atoms with E-state index in [2.05, 4.69) is 64.1 Å². The second-order valence-corrected chi connectivity index (χ2v) is 13.1. The average Bonchev–Trinajstić information content (AvgIpc) is 3.30. The number of benzene rings is 2. The molecule has 3 heterocycles. The normalized spacial score (nSPS) is 13.5. The van der Waals surface area contributed by atoms with E-state index in [4.69, 9.17) is 23.7 Å². The Morgan fingerprint density at radius 1 is 1.00 bits per heavy atom. The SMILES string of the molecule is CN(/N=C/c1cn(C)c2ccccc12)c1cc(OCCc2ccccn2)cc(N2CCOCC2)c1.CS(=O)(=O)O.CS(=O)(=O)O. The Morgan fingerprint density at radius 2 is 1.64 bits per heavy atom. The van der Waals surface area contributed by atoms with Crippen molar-refractivity contribution in [1.29, 1.82) is 0 Å². The Morgan fingerprint density at radius 3 is 2.29 bits per heavy atom. The number of morpholine rings is 1. The lowest BCUT2D eigenvalue weighted by molar-refractivity contribution is 0.122. The number of para-hydroxylation sites is 1. The van der Waals surface area contributed by atoms with Gasteiger partial charge in [-0.1, -0.05) is 24.3 Å². The molecule has 0 spiro atoms. The highest BCUT2D eigenvalue weighted by Crippen LogP contribution is 2.30. The number of pyridine rings is 1. The first-order chi connectivity index (χ1) is 21.2. The fraction of sp³-hybridized carbons (Fsp3) is 0.333. The van der Waals surface area contributed by atoms with E-state index in [1.165, 1.54) is 10.9 Å². The Hall–Kier alpha value is -4.02. The minimum absolute atomic E-state index is 0.562. The molecule has 4 aromatic rings. The molecule has 0 aliphatic carbocycles. The monoisotopic (exact) mass is 661 g/mol. The van der Waals surface area contributed by atoms with E-state index in [1.807, 2.05) is 48.7 Å². The Kier molecular flexibility index (Phi) is 12.9. The molecule has 1 fully saturated rings. The van der Waals surface area contributed by atoms with Crippen LogP contribution in [0.1, 0.15) is 11.3 Å². The van der Waals surface area contributed by atoms with E-state index in [9.17, 15) is 16.8 Å². The van der Waals surface area contributed by atoms with Crippen molar-refractivity contribution in [1.82, 2.24) is 9.55 Å². The lowest BCUT2D eigenvalue weighted by Gasteiger charge is -2.30. The zero-order valence-corrected chi connectivity index (χ0v) is 27.3. The Labute approximate surface area is 264 Å². The molecule has 2 N–H and O–H groups in total. The van der Waals surface area contributed by atoms with Gasteiger partial charge in [-0.25, -0.2) is 0 Å². The summed E-state index contributed by atoms with van der Waals surface area (Å²) >= 11 is 0. The van der Waals surface area contributed by atoms with Crippen LogP contribution in [0.4, 0.5) is 11.4 Å². The van der Waals surface area contributed by atoms with Crippen molar-refractivity contribution < 1.29 is 35.4 Å². The molecule has 0 saturated carbocycles. The molecule has 2 aromatic heterocycles. The summed E-state index contributed by atoms with van der Waals surface area (Å²) < 4.78 is 65.6. The van der Waals surface area contributed by atoms with Crippen LogP contribution in [0.3, 0.4) is 0 Å². The highest BCUT2D eigenvalue weighted by atomic mass is 32.2. The van der Waals surface area contributed by atoms with E-state index >= 15 is 0 Å². The summed E-state index contributed by atoms with van der Waals surface area (Å²) in [4.78, 5) is 6.73. The average molecular weight is 662 g/mol. The van der Waals surface area contributed by atoms with Gasteiger partial charge in [-0.2, -0.15) is 21.9 Å². The second-order valence-electron chi connectivity index (χ2n) is 10.2. The van der Waals surface area contributed by atoms with Crippen molar-refractivity contribution in [2.45, 2.75) is 6.42 Å². The lowest BCUT2D eigenvalue weighted by Crippen LogP contribution is -2.36. The predicted molar refractivity (Wildman–Crippen MR) is 177 cm³/mol. The number of anilines is 2. The number of aromatic nitrogens is 2. The van der Waals surface area contributed by atoms with Crippen molar-refractivity contribution >= 4 is 48.7 Å². The van der Waals surface area contributed by atoms with Gasteiger partial charge in [-0.05, 0) is 24.3 Å². The molecular formula is C30H39N5O8S2. The summed E-state index contributed by atoms with van der Waals surface area (Å²) in [7, 11) is -3.30. The highest BCUT2D eigenvalue weighted by molar-refractivity contribution is 7.85. The number of hydrazone groups is 1. The van der Waals surface area contributed by atoms with Crippen LogP contribution in [-0.4, -0.2) is 94.2 Å². The summed E-state index contributed by atoms with van der Waals surface area (Å²) in [6.07, 6.45) is 8.03. The maximum Gasteiger partial charge on any atom is 0.261 e. The second kappa shape index (κ2) is 16.3. The van der Waals surface area contributed by atoms with Crippen LogP contribution < -0.4 is 14.6 Å². The lowest BCUT2D eigenvalue weighted by atomic mass is 10.2. The molecular weight excluding hydrogens is 622 g/mol. The fourth-order valence-electron chi connectivity index (χ4n) is 4.35. The standard InChI is InChI=1S/C28H31N5O2.2CH4O3S/c1-31-21-22(27-8-3-4-9-28(27)31)20-30-32(2)24-17-25(33-12-15-34-16-13-33)19-26(18-24)35-14-10-23-7-5-6-11-29-23;2*1-5(2,3)4/h3-9,11,17-21H,10,12-16H2,1-2H3;2*1H3,(H,2,3,4)/b30-20+;;. The molecule has 244 valence electrons. The molecule has 13 nitrogen and oxygen atoms in total. The van der Waals surface area contributed by atoms with Crippen molar-refractivity contribution in [2.75, 3.05) is 62.4 Å². The summed E-state index contributed by atoms with van der Waals surface area (Å²) in [5.41, 5.74) is 5.39. The maximum absolute atomic E-state index is 9.19. The van der Waals surface area contributed by atoms with Gasteiger partial charge in [0, 0.05) is 86.0 Å². The molecule has 1 aliphatic heterocycles. The quantitative estimate of drug-likeness (QED) is 0.161. The molecule has 45 heavy (non-hydrogen) atoms. The van der Waals surface area contributed by atoms with Crippen LogP contribution in [-0.2, 0) is 38.4 Å². The van der Waals surface area contributed by atoms with Crippen LogP contribution in [0.25, 0.3) is 10.9 Å². The molecule has 0 atom stereocenters. The van der Waals surface area contributed by atoms with E-state index in [-0.39, 0.29) is 0 Å². The smallest absolute Gasteiger partial charge is 0.261 e.